The van der Waals surface area contributed by atoms with Gasteiger partial charge in [-0.15, -0.1) is 11.3 Å². The maximum atomic E-state index is 13.6. The number of aromatic hydroxyl groups is 1. The summed E-state index contributed by atoms with van der Waals surface area (Å²) in [5.74, 6) is -0.558. The Balaban J connectivity index is 1.50. The zero-order chi connectivity index (χ0) is 28.5. The zero-order valence-corrected chi connectivity index (χ0v) is 24.3. The molecule has 0 saturated heterocycles. The van der Waals surface area contributed by atoms with E-state index in [0.717, 1.165) is 71.7 Å². The van der Waals surface area contributed by atoms with E-state index in [-0.39, 0.29) is 43.1 Å². The van der Waals surface area contributed by atoms with E-state index in [0.29, 0.717) is 18.1 Å². The third-order valence-electron chi connectivity index (χ3n) is 7.31. The summed E-state index contributed by atoms with van der Waals surface area (Å²) in [4.78, 5) is 40.9. The minimum Gasteiger partial charge on any atom is -0.508 e. The standard InChI is InChI=1S/C32H39NO6S/c1-3-5-14-38-31(36)21-33(30(35)19-24-9-7-8-23-17-26(34)11-12-27(23)24)20-22-10-13-28-25(16-22)18-29(40-28)32(37)39-15-6-4-2/h10-13,16-18,24,34H,3-9,14-15,19-21H2,1-2H3. The van der Waals surface area contributed by atoms with Crippen LogP contribution in [0, 0.1) is 0 Å². The summed E-state index contributed by atoms with van der Waals surface area (Å²) < 4.78 is 11.7. The molecular formula is C32H39NO6S. The Bertz CT molecular complexity index is 1330. The Hall–Kier alpha value is -3.39. The molecule has 40 heavy (non-hydrogen) atoms. The number of phenols is 1. The first-order valence-corrected chi connectivity index (χ1v) is 15.1. The second kappa shape index (κ2) is 14.3. The first-order chi connectivity index (χ1) is 19.4. The molecule has 214 valence electrons. The minimum atomic E-state index is -0.413. The number of aryl methyl sites for hydroxylation is 1. The molecule has 0 spiro atoms. The highest BCUT2D eigenvalue weighted by molar-refractivity contribution is 7.20. The van der Waals surface area contributed by atoms with Crippen LogP contribution in [0.3, 0.4) is 0 Å². The van der Waals surface area contributed by atoms with Crippen molar-refractivity contribution in [3.63, 3.8) is 0 Å². The molecule has 0 saturated carbocycles. The quantitative estimate of drug-likeness (QED) is 0.182. The second-order valence-corrected chi connectivity index (χ2v) is 11.6. The number of fused-ring (bicyclic) bond motifs is 2. The van der Waals surface area contributed by atoms with Crippen LogP contribution in [0.4, 0.5) is 0 Å². The number of thiophene rings is 1. The molecule has 1 unspecified atom stereocenters. The number of hydrogen-bond acceptors (Lipinski definition) is 7. The molecule has 7 nitrogen and oxygen atoms in total. The Kier molecular flexibility index (Phi) is 10.6. The van der Waals surface area contributed by atoms with Crippen LogP contribution in [0.1, 0.15) is 91.1 Å². The summed E-state index contributed by atoms with van der Waals surface area (Å²) in [6.45, 7) is 4.98. The molecule has 8 heteroatoms. The molecule has 1 heterocycles. The van der Waals surface area contributed by atoms with E-state index in [1.54, 1.807) is 17.0 Å². The molecule has 0 radical (unpaired) electrons. The monoisotopic (exact) mass is 565 g/mol. The first kappa shape index (κ1) is 29.6. The van der Waals surface area contributed by atoms with Crippen molar-refractivity contribution >= 4 is 39.3 Å². The van der Waals surface area contributed by atoms with Crippen molar-refractivity contribution in [3.8, 4) is 5.75 Å². The van der Waals surface area contributed by atoms with E-state index in [1.165, 1.54) is 11.3 Å². The largest absolute Gasteiger partial charge is 0.508 e. The van der Waals surface area contributed by atoms with E-state index in [9.17, 15) is 19.5 Å². The van der Waals surface area contributed by atoms with E-state index in [1.807, 2.05) is 44.2 Å². The predicted octanol–water partition coefficient (Wildman–Crippen LogP) is 6.75. The van der Waals surface area contributed by atoms with Gasteiger partial charge in [0.05, 0.1) is 13.2 Å². The number of benzene rings is 2. The van der Waals surface area contributed by atoms with Crippen LogP contribution in [-0.4, -0.2) is 47.6 Å². The number of rotatable bonds is 13. The van der Waals surface area contributed by atoms with Gasteiger partial charge in [-0.05, 0) is 90.4 Å². The summed E-state index contributed by atoms with van der Waals surface area (Å²) in [6, 6.07) is 13.1. The normalized spacial score (nSPS) is 14.5. The minimum absolute atomic E-state index is 0.0381. The number of nitrogens with zero attached hydrogens (tertiary/aromatic N) is 1. The molecule has 1 N–H and O–H groups in total. The molecule has 0 fully saturated rings. The Morgan fingerprint density at radius 1 is 1.00 bits per heavy atom. The molecule has 1 atom stereocenters. The van der Waals surface area contributed by atoms with Gasteiger partial charge >= 0.3 is 11.9 Å². The van der Waals surface area contributed by atoms with Crippen LogP contribution < -0.4 is 0 Å². The highest BCUT2D eigenvalue weighted by atomic mass is 32.1. The molecule has 1 aliphatic carbocycles. The van der Waals surface area contributed by atoms with E-state index < -0.39 is 5.97 Å². The number of esters is 2. The summed E-state index contributed by atoms with van der Waals surface area (Å²) in [6.07, 6.45) is 6.50. The van der Waals surface area contributed by atoms with E-state index >= 15 is 0 Å². The van der Waals surface area contributed by atoms with Crippen molar-refractivity contribution in [1.29, 1.82) is 0 Å². The average molecular weight is 566 g/mol. The highest BCUT2D eigenvalue weighted by Gasteiger charge is 2.27. The summed E-state index contributed by atoms with van der Waals surface area (Å²) in [5, 5.41) is 10.8. The summed E-state index contributed by atoms with van der Waals surface area (Å²) in [5.41, 5.74) is 3.06. The molecule has 4 rings (SSSR count). The molecule has 3 aromatic rings. The molecule has 0 bridgehead atoms. The topological polar surface area (TPSA) is 93.1 Å². The smallest absolute Gasteiger partial charge is 0.348 e. The van der Waals surface area contributed by atoms with Gasteiger partial charge in [-0.25, -0.2) is 4.79 Å². The molecule has 0 aliphatic heterocycles. The third-order valence-corrected chi connectivity index (χ3v) is 8.40. The Morgan fingerprint density at radius 3 is 2.55 bits per heavy atom. The molecule has 1 aromatic heterocycles. The maximum Gasteiger partial charge on any atom is 0.348 e. The number of carbonyl (C=O) groups is 3. The fourth-order valence-electron chi connectivity index (χ4n) is 5.11. The van der Waals surface area contributed by atoms with Gasteiger partial charge in [0.25, 0.3) is 0 Å². The van der Waals surface area contributed by atoms with Gasteiger partial charge in [0.15, 0.2) is 0 Å². The van der Waals surface area contributed by atoms with Crippen molar-refractivity contribution in [2.24, 2.45) is 0 Å². The van der Waals surface area contributed by atoms with Crippen molar-refractivity contribution in [2.45, 2.75) is 77.7 Å². The van der Waals surface area contributed by atoms with Gasteiger partial charge in [0.1, 0.15) is 17.2 Å². The van der Waals surface area contributed by atoms with Gasteiger partial charge in [0, 0.05) is 17.7 Å². The highest BCUT2D eigenvalue weighted by Crippen LogP contribution is 2.36. The number of unbranched alkanes of at least 4 members (excludes halogenated alkanes) is 2. The number of carbonyl (C=O) groups excluding carboxylic acids is 3. The van der Waals surface area contributed by atoms with Crippen molar-refractivity contribution in [1.82, 2.24) is 4.90 Å². The number of amides is 1. The van der Waals surface area contributed by atoms with Gasteiger partial charge in [0.2, 0.25) is 5.91 Å². The van der Waals surface area contributed by atoms with E-state index in [2.05, 4.69) is 0 Å². The number of phenolic OH excluding ortho intramolecular Hbond substituents is 1. The van der Waals surface area contributed by atoms with Gasteiger partial charge in [-0.2, -0.15) is 0 Å². The lowest BCUT2D eigenvalue weighted by atomic mass is 9.80. The van der Waals surface area contributed by atoms with Gasteiger partial charge < -0.3 is 19.5 Å². The number of ether oxygens (including phenoxy) is 2. The van der Waals surface area contributed by atoms with Crippen LogP contribution in [0.2, 0.25) is 0 Å². The van der Waals surface area contributed by atoms with Crippen LogP contribution >= 0.6 is 11.3 Å². The maximum absolute atomic E-state index is 13.6. The Labute approximate surface area is 240 Å². The number of hydrogen-bond donors (Lipinski definition) is 1. The second-order valence-electron chi connectivity index (χ2n) is 10.5. The van der Waals surface area contributed by atoms with Crippen molar-refractivity contribution < 1.29 is 29.0 Å². The van der Waals surface area contributed by atoms with Crippen molar-refractivity contribution in [3.05, 3.63) is 64.0 Å². The van der Waals surface area contributed by atoms with Crippen LogP contribution in [0.15, 0.2) is 42.5 Å². The summed E-state index contributed by atoms with van der Waals surface area (Å²) >= 11 is 1.39. The molecule has 1 aliphatic rings. The lowest BCUT2D eigenvalue weighted by Crippen LogP contribution is -2.37. The lowest BCUT2D eigenvalue weighted by Gasteiger charge is -2.28. The summed E-state index contributed by atoms with van der Waals surface area (Å²) in [7, 11) is 0. The molecule has 2 aromatic carbocycles. The Morgan fingerprint density at radius 2 is 1.77 bits per heavy atom. The molecular weight excluding hydrogens is 526 g/mol. The van der Waals surface area contributed by atoms with Crippen LogP contribution in [-0.2, 0) is 32.0 Å². The zero-order valence-electron chi connectivity index (χ0n) is 23.4. The fraction of sp³-hybridized carbons (Fsp3) is 0.469. The predicted molar refractivity (Wildman–Crippen MR) is 157 cm³/mol. The lowest BCUT2D eigenvalue weighted by molar-refractivity contribution is -0.150. The van der Waals surface area contributed by atoms with Gasteiger partial charge in [-0.1, -0.05) is 38.8 Å². The third kappa shape index (κ3) is 7.84. The molecule has 1 amide bonds. The van der Waals surface area contributed by atoms with E-state index in [4.69, 9.17) is 9.47 Å². The SMILES string of the molecule is CCCCOC(=O)CN(Cc1ccc2sc(C(=O)OCCCC)cc2c1)C(=O)CC1CCCc2cc(O)ccc21. The van der Waals surface area contributed by atoms with Crippen LogP contribution in [0.25, 0.3) is 10.1 Å². The van der Waals surface area contributed by atoms with Crippen LogP contribution in [0.5, 0.6) is 5.75 Å². The first-order valence-electron chi connectivity index (χ1n) is 14.3. The average Bonchev–Trinajstić information content (AvgIpc) is 3.36. The fourth-order valence-corrected chi connectivity index (χ4v) is 6.05. The van der Waals surface area contributed by atoms with Crippen molar-refractivity contribution in [2.75, 3.05) is 19.8 Å². The van der Waals surface area contributed by atoms with Gasteiger partial charge in [-0.3, -0.25) is 9.59 Å².